The van der Waals surface area contributed by atoms with E-state index >= 15 is 0 Å². The highest BCUT2D eigenvalue weighted by molar-refractivity contribution is 5.92. The van der Waals surface area contributed by atoms with E-state index in [1.54, 1.807) is 0 Å². The van der Waals surface area contributed by atoms with Gasteiger partial charge in [0.25, 0.3) is 11.9 Å². The van der Waals surface area contributed by atoms with Crippen LogP contribution in [0.3, 0.4) is 0 Å². The number of aliphatic hydroxyl groups is 1. The number of nitrogens with one attached hydrogen (secondary N) is 1. The van der Waals surface area contributed by atoms with Crippen molar-refractivity contribution >= 4 is 11.9 Å². The molecule has 2 atom stereocenters. The SMILES string of the molecule is CCc1nc(N2CC[C@@H](NC(=O)c3cnccn3)[C@H](O)C2)no1. The lowest BCUT2D eigenvalue weighted by Crippen LogP contribution is -2.54. The predicted octanol–water partition coefficient (Wildman–Crippen LogP) is -0.208. The first-order chi connectivity index (χ1) is 11.2. The first-order valence-electron chi connectivity index (χ1n) is 7.50. The van der Waals surface area contributed by atoms with Gasteiger partial charge in [0, 0.05) is 31.9 Å². The molecule has 0 radical (unpaired) electrons. The van der Waals surface area contributed by atoms with Gasteiger partial charge in [-0.05, 0) is 11.6 Å². The van der Waals surface area contributed by atoms with Gasteiger partial charge in [-0.15, -0.1) is 0 Å². The van der Waals surface area contributed by atoms with Crippen molar-refractivity contribution in [3.8, 4) is 0 Å². The van der Waals surface area contributed by atoms with Gasteiger partial charge < -0.3 is 19.8 Å². The van der Waals surface area contributed by atoms with Crippen LogP contribution in [0.2, 0.25) is 0 Å². The average molecular weight is 318 g/mol. The molecule has 0 bridgehead atoms. The third-order valence-electron chi connectivity index (χ3n) is 3.74. The van der Waals surface area contributed by atoms with Crippen LogP contribution in [0.5, 0.6) is 0 Å². The minimum Gasteiger partial charge on any atom is -0.389 e. The van der Waals surface area contributed by atoms with E-state index in [2.05, 4.69) is 25.4 Å². The van der Waals surface area contributed by atoms with Gasteiger partial charge in [-0.1, -0.05) is 6.92 Å². The number of aliphatic hydroxyl groups excluding tert-OH is 1. The topological polar surface area (TPSA) is 117 Å². The van der Waals surface area contributed by atoms with Gasteiger partial charge >= 0.3 is 0 Å². The molecule has 1 aliphatic heterocycles. The number of carbonyl (C=O) groups excluding carboxylic acids is 1. The molecule has 2 N–H and O–H groups in total. The van der Waals surface area contributed by atoms with Crippen LogP contribution in [0.15, 0.2) is 23.1 Å². The summed E-state index contributed by atoms with van der Waals surface area (Å²) in [6, 6.07) is -0.349. The standard InChI is InChI=1S/C14H18N6O3/c1-2-12-18-14(19-23-12)20-6-3-9(11(21)8-20)17-13(22)10-7-15-4-5-16-10/h4-5,7,9,11,21H,2-3,6,8H2,1H3,(H,17,22)/t9-,11-/m1/s1. The molecule has 9 nitrogen and oxygen atoms in total. The number of aryl methyl sites for hydroxylation is 1. The predicted molar refractivity (Wildman–Crippen MR) is 79.8 cm³/mol. The van der Waals surface area contributed by atoms with Gasteiger partial charge in [0.1, 0.15) is 5.69 Å². The Morgan fingerprint density at radius 3 is 3.04 bits per heavy atom. The van der Waals surface area contributed by atoms with Crippen molar-refractivity contribution in [3.05, 3.63) is 30.2 Å². The average Bonchev–Trinajstić information content (AvgIpc) is 3.06. The Morgan fingerprint density at radius 2 is 2.39 bits per heavy atom. The quantitative estimate of drug-likeness (QED) is 0.795. The molecule has 0 saturated carbocycles. The van der Waals surface area contributed by atoms with E-state index in [1.807, 2.05) is 11.8 Å². The number of nitrogens with zero attached hydrogens (tertiary/aromatic N) is 5. The molecule has 0 unspecified atom stereocenters. The van der Waals surface area contributed by atoms with Crippen LogP contribution in [-0.4, -0.2) is 56.4 Å². The van der Waals surface area contributed by atoms with Crippen molar-refractivity contribution in [1.29, 1.82) is 0 Å². The lowest BCUT2D eigenvalue weighted by molar-refractivity contribution is 0.0792. The summed E-state index contributed by atoms with van der Waals surface area (Å²) in [5, 5.41) is 17.0. The fourth-order valence-corrected chi connectivity index (χ4v) is 2.46. The van der Waals surface area contributed by atoms with Gasteiger partial charge in [-0.2, -0.15) is 4.98 Å². The molecule has 2 aromatic rings. The van der Waals surface area contributed by atoms with Gasteiger partial charge in [-0.3, -0.25) is 9.78 Å². The molecule has 1 amide bonds. The van der Waals surface area contributed by atoms with Crippen LogP contribution in [0, 0.1) is 0 Å². The molecule has 3 rings (SSSR count). The Labute approximate surface area is 132 Å². The highest BCUT2D eigenvalue weighted by atomic mass is 16.5. The zero-order chi connectivity index (χ0) is 16.2. The largest absolute Gasteiger partial charge is 0.389 e. The third kappa shape index (κ3) is 3.45. The maximum atomic E-state index is 12.1. The molecule has 122 valence electrons. The lowest BCUT2D eigenvalue weighted by atomic mass is 10.0. The maximum absolute atomic E-state index is 12.1. The third-order valence-corrected chi connectivity index (χ3v) is 3.74. The monoisotopic (exact) mass is 318 g/mol. The highest BCUT2D eigenvalue weighted by Crippen LogP contribution is 2.18. The summed E-state index contributed by atoms with van der Waals surface area (Å²) >= 11 is 0. The molecule has 3 heterocycles. The van der Waals surface area contributed by atoms with E-state index in [4.69, 9.17) is 4.52 Å². The second kappa shape index (κ2) is 6.69. The minimum atomic E-state index is -0.729. The molecule has 0 aliphatic carbocycles. The molecular weight excluding hydrogens is 300 g/mol. The van der Waals surface area contributed by atoms with Gasteiger partial charge in [-0.25, -0.2) is 4.98 Å². The zero-order valence-electron chi connectivity index (χ0n) is 12.7. The number of anilines is 1. The molecule has 1 aliphatic rings. The van der Waals surface area contributed by atoms with Crippen LogP contribution in [0.1, 0.15) is 29.7 Å². The van der Waals surface area contributed by atoms with E-state index < -0.39 is 6.10 Å². The molecule has 1 fully saturated rings. The summed E-state index contributed by atoms with van der Waals surface area (Å²) in [5.74, 6) is 0.690. The van der Waals surface area contributed by atoms with E-state index in [0.717, 1.165) is 0 Å². The molecule has 0 spiro atoms. The smallest absolute Gasteiger partial charge is 0.271 e. The number of β-amino-alcohol motifs (C(OH)–C–C–N with tert-alkyl or cyclic N) is 1. The first-order valence-corrected chi connectivity index (χ1v) is 7.50. The normalized spacial score (nSPS) is 21.2. The minimum absolute atomic E-state index is 0.230. The summed E-state index contributed by atoms with van der Waals surface area (Å²) in [7, 11) is 0. The zero-order valence-corrected chi connectivity index (χ0v) is 12.7. The second-order valence-corrected chi connectivity index (χ2v) is 5.31. The van der Waals surface area contributed by atoms with Crippen molar-refractivity contribution in [1.82, 2.24) is 25.4 Å². The van der Waals surface area contributed by atoms with Crippen molar-refractivity contribution < 1.29 is 14.4 Å². The fraction of sp³-hybridized carbons (Fsp3) is 0.500. The summed E-state index contributed by atoms with van der Waals surface area (Å²) in [4.78, 5) is 26.0. The summed E-state index contributed by atoms with van der Waals surface area (Å²) in [6.45, 7) is 2.87. The summed E-state index contributed by atoms with van der Waals surface area (Å²) < 4.78 is 5.08. The Hall–Kier alpha value is -2.55. The van der Waals surface area contributed by atoms with Gasteiger partial charge in [0.05, 0.1) is 18.3 Å². The number of hydrogen-bond acceptors (Lipinski definition) is 8. The summed E-state index contributed by atoms with van der Waals surface area (Å²) in [6.07, 6.45) is 4.86. The van der Waals surface area contributed by atoms with Crippen LogP contribution in [-0.2, 0) is 6.42 Å². The number of hydrogen-bond donors (Lipinski definition) is 2. The van der Waals surface area contributed by atoms with Crippen molar-refractivity contribution in [2.24, 2.45) is 0 Å². The van der Waals surface area contributed by atoms with Crippen molar-refractivity contribution in [2.45, 2.75) is 31.9 Å². The fourth-order valence-electron chi connectivity index (χ4n) is 2.46. The maximum Gasteiger partial charge on any atom is 0.271 e. The van der Waals surface area contributed by atoms with Crippen LogP contribution in [0.4, 0.5) is 5.95 Å². The molecule has 2 aromatic heterocycles. The number of carbonyl (C=O) groups is 1. The Bertz CT molecular complexity index is 662. The van der Waals surface area contributed by atoms with Gasteiger partial charge in [0.15, 0.2) is 0 Å². The molecule has 9 heteroatoms. The van der Waals surface area contributed by atoms with E-state index in [-0.39, 0.29) is 17.6 Å². The lowest BCUT2D eigenvalue weighted by Gasteiger charge is -2.35. The van der Waals surface area contributed by atoms with Crippen molar-refractivity contribution in [2.75, 3.05) is 18.0 Å². The first kappa shape index (κ1) is 15.3. The Kier molecular flexibility index (Phi) is 4.47. The molecule has 0 aromatic carbocycles. The van der Waals surface area contributed by atoms with Crippen LogP contribution < -0.4 is 10.2 Å². The number of rotatable bonds is 4. The molecular formula is C14H18N6O3. The van der Waals surface area contributed by atoms with Gasteiger partial charge in [0.2, 0.25) is 5.89 Å². The number of aromatic nitrogens is 4. The van der Waals surface area contributed by atoms with E-state index in [0.29, 0.717) is 37.8 Å². The van der Waals surface area contributed by atoms with Crippen LogP contribution >= 0.6 is 0 Å². The molecule has 1 saturated heterocycles. The number of piperidine rings is 1. The Balaban J connectivity index is 1.59. The highest BCUT2D eigenvalue weighted by Gasteiger charge is 2.31. The Morgan fingerprint density at radius 1 is 1.52 bits per heavy atom. The molecule has 23 heavy (non-hydrogen) atoms. The summed E-state index contributed by atoms with van der Waals surface area (Å²) in [5.41, 5.74) is 0.230. The van der Waals surface area contributed by atoms with Crippen molar-refractivity contribution in [3.63, 3.8) is 0 Å². The second-order valence-electron chi connectivity index (χ2n) is 5.31. The van der Waals surface area contributed by atoms with E-state index in [1.165, 1.54) is 18.6 Å². The van der Waals surface area contributed by atoms with E-state index in [9.17, 15) is 9.90 Å². The van der Waals surface area contributed by atoms with Crippen LogP contribution in [0.25, 0.3) is 0 Å². The number of amides is 1.